The molecule has 2 heterocycles. The van der Waals surface area contributed by atoms with Crippen molar-refractivity contribution in [3.05, 3.63) is 47.0 Å². The molecule has 0 aliphatic rings. The lowest BCUT2D eigenvalue weighted by atomic mass is 10.3. The average Bonchev–Trinajstić information content (AvgIpc) is 2.78. The van der Waals surface area contributed by atoms with E-state index < -0.39 is 5.97 Å². The van der Waals surface area contributed by atoms with Crippen molar-refractivity contribution < 1.29 is 14.3 Å². The molecule has 0 N–H and O–H groups in total. The molecule has 2 rings (SSSR count). The summed E-state index contributed by atoms with van der Waals surface area (Å²) in [6.45, 7) is 2.20. The molecule has 0 radical (unpaired) electrons. The maximum absolute atomic E-state index is 11.4. The van der Waals surface area contributed by atoms with E-state index in [0.29, 0.717) is 24.2 Å². The van der Waals surface area contributed by atoms with Gasteiger partial charge in [0, 0.05) is 6.20 Å². The Bertz CT molecular complexity index is 619. The van der Waals surface area contributed by atoms with Crippen molar-refractivity contribution in [3.63, 3.8) is 0 Å². The van der Waals surface area contributed by atoms with Gasteiger partial charge in [0.15, 0.2) is 6.29 Å². The number of aryl methyl sites for hydroxylation is 1. The summed E-state index contributed by atoms with van der Waals surface area (Å²) in [5.41, 5.74) is 2.13. The van der Waals surface area contributed by atoms with Crippen molar-refractivity contribution in [3.8, 4) is 0 Å². The number of methoxy groups -OCH3 is 1. The number of aldehydes is 1. The Hall–Kier alpha value is -2.50. The van der Waals surface area contributed by atoms with Gasteiger partial charge in [0.25, 0.3) is 0 Å². The van der Waals surface area contributed by atoms with Gasteiger partial charge in [-0.25, -0.2) is 9.78 Å². The first-order valence-electron chi connectivity index (χ1n) is 5.67. The summed E-state index contributed by atoms with van der Waals surface area (Å²) in [5.74, 6) is -0.480. The molecular weight excluding hydrogens is 246 g/mol. The van der Waals surface area contributed by atoms with Crippen LogP contribution in [0.1, 0.15) is 32.2 Å². The predicted octanol–water partition coefficient (Wildman–Crippen LogP) is 1.23. The summed E-state index contributed by atoms with van der Waals surface area (Å²) in [7, 11) is 1.31. The Morgan fingerprint density at radius 2 is 2.26 bits per heavy atom. The van der Waals surface area contributed by atoms with Gasteiger partial charge in [-0.15, -0.1) is 0 Å². The van der Waals surface area contributed by atoms with Crippen molar-refractivity contribution in [1.29, 1.82) is 0 Å². The molecule has 0 aromatic carbocycles. The monoisotopic (exact) mass is 259 g/mol. The second-order valence-electron chi connectivity index (χ2n) is 4.02. The van der Waals surface area contributed by atoms with E-state index in [1.165, 1.54) is 7.11 Å². The minimum atomic E-state index is -0.480. The fourth-order valence-electron chi connectivity index (χ4n) is 1.69. The van der Waals surface area contributed by atoms with Crippen molar-refractivity contribution in [1.82, 2.24) is 14.8 Å². The van der Waals surface area contributed by atoms with E-state index in [1.54, 1.807) is 29.1 Å². The van der Waals surface area contributed by atoms with Gasteiger partial charge in [-0.2, -0.15) is 5.10 Å². The molecule has 98 valence electrons. The highest BCUT2D eigenvalue weighted by Crippen LogP contribution is 2.06. The Balaban J connectivity index is 2.23. The van der Waals surface area contributed by atoms with Crippen LogP contribution >= 0.6 is 0 Å². The zero-order chi connectivity index (χ0) is 13.8. The molecule has 0 spiro atoms. The minimum Gasteiger partial charge on any atom is -0.464 e. The fourth-order valence-corrected chi connectivity index (χ4v) is 1.69. The molecule has 0 amide bonds. The van der Waals surface area contributed by atoms with Crippen LogP contribution in [0.15, 0.2) is 24.4 Å². The standard InChI is InChI=1S/C13H13N3O3/c1-9-6-16(15-12(9)8-17)7-10-4-3-5-11(14-10)13(18)19-2/h3-6,8H,7H2,1-2H3. The molecule has 0 atom stereocenters. The molecule has 0 saturated heterocycles. The Morgan fingerprint density at radius 3 is 2.89 bits per heavy atom. The molecule has 6 heteroatoms. The second kappa shape index (κ2) is 5.43. The zero-order valence-electron chi connectivity index (χ0n) is 10.7. The summed E-state index contributed by atoms with van der Waals surface area (Å²) < 4.78 is 6.23. The number of aromatic nitrogens is 3. The largest absolute Gasteiger partial charge is 0.464 e. The first kappa shape index (κ1) is 12.9. The Kier molecular flexibility index (Phi) is 3.70. The minimum absolute atomic E-state index is 0.250. The smallest absolute Gasteiger partial charge is 0.356 e. The number of rotatable bonds is 4. The third-order valence-electron chi connectivity index (χ3n) is 2.62. The number of hydrogen-bond acceptors (Lipinski definition) is 5. The van der Waals surface area contributed by atoms with Crippen LogP contribution in [-0.4, -0.2) is 34.1 Å². The highest BCUT2D eigenvalue weighted by Gasteiger charge is 2.09. The van der Waals surface area contributed by atoms with Crippen molar-refractivity contribution in [2.75, 3.05) is 7.11 Å². The highest BCUT2D eigenvalue weighted by atomic mass is 16.5. The number of carbonyl (C=O) groups excluding carboxylic acids is 2. The number of hydrogen-bond donors (Lipinski definition) is 0. The van der Waals surface area contributed by atoms with Gasteiger partial charge in [0.1, 0.15) is 11.4 Å². The van der Waals surface area contributed by atoms with Crippen LogP contribution in [0.4, 0.5) is 0 Å². The molecule has 0 saturated carbocycles. The van der Waals surface area contributed by atoms with Gasteiger partial charge in [0.05, 0.1) is 19.3 Å². The van der Waals surface area contributed by atoms with Crippen LogP contribution in [0.3, 0.4) is 0 Å². The SMILES string of the molecule is COC(=O)c1cccc(Cn2cc(C)c(C=O)n2)n1. The lowest BCUT2D eigenvalue weighted by Crippen LogP contribution is -2.08. The van der Waals surface area contributed by atoms with Crippen LogP contribution in [0.2, 0.25) is 0 Å². The molecule has 19 heavy (non-hydrogen) atoms. The first-order chi connectivity index (χ1) is 9.13. The lowest BCUT2D eigenvalue weighted by molar-refractivity contribution is 0.0593. The van der Waals surface area contributed by atoms with Gasteiger partial charge >= 0.3 is 5.97 Å². The zero-order valence-corrected chi connectivity index (χ0v) is 10.7. The van der Waals surface area contributed by atoms with Crippen molar-refractivity contribution in [2.24, 2.45) is 0 Å². The second-order valence-corrected chi connectivity index (χ2v) is 4.02. The maximum atomic E-state index is 11.4. The van der Waals surface area contributed by atoms with Crippen LogP contribution < -0.4 is 0 Å². The van der Waals surface area contributed by atoms with E-state index in [0.717, 1.165) is 5.56 Å². The van der Waals surface area contributed by atoms with E-state index in [2.05, 4.69) is 14.8 Å². The summed E-state index contributed by atoms with van der Waals surface area (Å²) in [4.78, 5) is 26.3. The number of nitrogens with zero attached hydrogens (tertiary/aromatic N) is 3. The molecule has 6 nitrogen and oxygen atoms in total. The van der Waals surface area contributed by atoms with E-state index in [4.69, 9.17) is 0 Å². The van der Waals surface area contributed by atoms with Crippen LogP contribution in [0, 0.1) is 6.92 Å². The summed E-state index contributed by atoms with van der Waals surface area (Å²) >= 11 is 0. The van der Waals surface area contributed by atoms with E-state index in [-0.39, 0.29) is 5.69 Å². The Morgan fingerprint density at radius 1 is 1.47 bits per heavy atom. The van der Waals surface area contributed by atoms with Gasteiger partial charge < -0.3 is 4.74 Å². The Labute approximate surface area is 110 Å². The summed E-state index contributed by atoms with van der Waals surface area (Å²) in [5, 5.41) is 4.11. The highest BCUT2D eigenvalue weighted by molar-refractivity contribution is 5.87. The van der Waals surface area contributed by atoms with E-state index in [9.17, 15) is 9.59 Å². The van der Waals surface area contributed by atoms with Crippen LogP contribution in [0.25, 0.3) is 0 Å². The molecule has 2 aromatic rings. The van der Waals surface area contributed by atoms with Gasteiger partial charge in [0.2, 0.25) is 0 Å². The van der Waals surface area contributed by atoms with Gasteiger partial charge in [-0.3, -0.25) is 9.48 Å². The van der Waals surface area contributed by atoms with Gasteiger partial charge in [-0.1, -0.05) is 6.07 Å². The fraction of sp³-hybridized carbons (Fsp3) is 0.231. The summed E-state index contributed by atoms with van der Waals surface area (Å²) in [6, 6.07) is 5.09. The quantitative estimate of drug-likeness (QED) is 0.610. The molecule has 0 aliphatic carbocycles. The molecule has 0 aliphatic heterocycles. The van der Waals surface area contributed by atoms with Crippen molar-refractivity contribution in [2.45, 2.75) is 13.5 Å². The summed E-state index contributed by atoms with van der Waals surface area (Å²) in [6.07, 6.45) is 2.47. The lowest BCUT2D eigenvalue weighted by Gasteiger charge is -2.03. The number of esters is 1. The molecule has 2 aromatic heterocycles. The molecule has 0 fully saturated rings. The first-order valence-corrected chi connectivity index (χ1v) is 5.67. The van der Waals surface area contributed by atoms with Crippen molar-refractivity contribution >= 4 is 12.3 Å². The van der Waals surface area contributed by atoms with Crippen LogP contribution in [-0.2, 0) is 11.3 Å². The van der Waals surface area contributed by atoms with Crippen LogP contribution in [0.5, 0.6) is 0 Å². The number of carbonyl (C=O) groups is 2. The molecule has 0 unspecified atom stereocenters. The molecular formula is C13H13N3O3. The van der Waals surface area contributed by atoms with Gasteiger partial charge in [-0.05, 0) is 24.6 Å². The topological polar surface area (TPSA) is 74.1 Å². The molecule has 0 bridgehead atoms. The number of pyridine rings is 1. The van der Waals surface area contributed by atoms with E-state index >= 15 is 0 Å². The van der Waals surface area contributed by atoms with E-state index in [1.807, 2.05) is 6.92 Å². The predicted molar refractivity (Wildman–Crippen MR) is 67.0 cm³/mol. The average molecular weight is 259 g/mol. The third-order valence-corrected chi connectivity index (χ3v) is 2.62. The number of ether oxygens (including phenoxy) is 1. The normalized spacial score (nSPS) is 10.2. The maximum Gasteiger partial charge on any atom is 0.356 e. The third kappa shape index (κ3) is 2.85.